The van der Waals surface area contributed by atoms with Crippen molar-refractivity contribution in [3.63, 3.8) is 0 Å². The molecular formula is C38H24N4. The van der Waals surface area contributed by atoms with Gasteiger partial charge >= 0.3 is 0 Å². The van der Waals surface area contributed by atoms with Crippen LogP contribution in [0.1, 0.15) is 0 Å². The Morgan fingerprint density at radius 3 is 1.81 bits per heavy atom. The van der Waals surface area contributed by atoms with E-state index in [2.05, 4.69) is 142 Å². The quantitative estimate of drug-likeness (QED) is 0.225. The minimum absolute atomic E-state index is 0.806. The lowest BCUT2D eigenvalue weighted by Crippen LogP contribution is -2.00. The Balaban J connectivity index is 1.38. The molecule has 0 spiro atoms. The third-order valence-electron chi connectivity index (χ3n) is 8.41. The number of nitrogens with zero attached hydrogens (tertiary/aromatic N) is 4. The van der Waals surface area contributed by atoms with Crippen molar-refractivity contribution >= 4 is 54.4 Å². The topological polar surface area (TPSA) is 35.6 Å². The van der Waals surface area contributed by atoms with Gasteiger partial charge in [0, 0.05) is 38.2 Å². The van der Waals surface area contributed by atoms with E-state index in [0.717, 1.165) is 33.8 Å². The molecule has 0 saturated heterocycles. The Morgan fingerprint density at radius 2 is 1.07 bits per heavy atom. The van der Waals surface area contributed by atoms with Crippen molar-refractivity contribution in [2.24, 2.45) is 0 Å². The van der Waals surface area contributed by atoms with E-state index < -0.39 is 0 Å². The molecule has 3 heterocycles. The molecule has 0 aliphatic rings. The SMILES string of the molecule is c1ccc(-c2ccc(-n3c4ccccc4c4ccc5cc6c(cc5c43)c3ccccc3n6-c3ccccc3)nn2)cc1. The fourth-order valence-corrected chi connectivity index (χ4v) is 6.55. The highest BCUT2D eigenvalue weighted by Gasteiger charge is 2.19. The monoisotopic (exact) mass is 536 g/mol. The van der Waals surface area contributed by atoms with Crippen molar-refractivity contribution in [3.8, 4) is 22.8 Å². The Kier molecular flexibility index (Phi) is 4.87. The molecule has 0 bridgehead atoms. The van der Waals surface area contributed by atoms with E-state index in [1.807, 2.05) is 18.2 Å². The minimum Gasteiger partial charge on any atom is -0.309 e. The van der Waals surface area contributed by atoms with Gasteiger partial charge in [0.1, 0.15) is 0 Å². The summed E-state index contributed by atoms with van der Waals surface area (Å²) in [5.41, 5.74) is 7.74. The molecule has 0 atom stereocenters. The molecule has 0 amide bonds. The lowest BCUT2D eigenvalue weighted by molar-refractivity contribution is 0.959. The first kappa shape index (κ1) is 23.0. The summed E-state index contributed by atoms with van der Waals surface area (Å²) in [6, 6.07) is 51.4. The second-order valence-electron chi connectivity index (χ2n) is 10.7. The van der Waals surface area contributed by atoms with Gasteiger partial charge in [0.2, 0.25) is 0 Å². The van der Waals surface area contributed by atoms with E-state index in [9.17, 15) is 0 Å². The highest BCUT2D eigenvalue weighted by molar-refractivity contribution is 6.22. The first-order valence-corrected chi connectivity index (χ1v) is 14.2. The first-order chi connectivity index (χ1) is 20.8. The number of fused-ring (bicyclic) bond motifs is 8. The average molecular weight is 537 g/mol. The van der Waals surface area contributed by atoms with Gasteiger partial charge in [-0.2, -0.15) is 0 Å². The molecule has 0 fully saturated rings. The number of para-hydroxylation sites is 3. The zero-order chi connectivity index (χ0) is 27.6. The molecule has 0 radical (unpaired) electrons. The first-order valence-electron chi connectivity index (χ1n) is 14.2. The summed E-state index contributed by atoms with van der Waals surface area (Å²) < 4.78 is 4.65. The summed E-state index contributed by atoms with van der Waals surface area (Å²) in [5, 5.41) is 16.7. The van der Waals surface area contributed by atoms with E-state index in [1.165, 1.54) is 43.4 Å². The predicted octanol–water partition coefficient (Wildman–Crippen LogP) is 9.49. The van der Waals surface area contributed by atoms with E-state index in [1.54, 1.807) is 0 Å². The lowest BCUT2D eigenvalue weighted by Gasteiger charge is -2.11. The molecule has 0 saturated carbocycles. The fourth-order valence-electron chi connectivity index (χ4n) is 6.55. The van der Waals surface area contributed by atoms with Crippen LogP contribution in [-0.4, -0.2) is 19.3 Å². The largest absolute Gasteiger partial charge is 0.309 e. The maximum atomic E-state index is 4.77. The van der Waals surface area contributed by atoms with Gasteiger partial charge in [0.05, 0.1) is 27.8 Å². The molecule has 4 heteroatoms. The van der Waals surface area contributed by atoms with Gasteiger partial charge in [-0.3, -0.25) is 4.57 Å². The van der Waals surface area contributed by atoms with Crippen LogP contribution in [-0.2, 0) is 0 Å². The van der Waals surface area contributed by atoms with Crippen LogP contribution in [0.3, 0.4) is 0 Å². The smallest absolute Gasteiger partial charge is 0.160 e. The molecule has 3 aromatic heterocycles. The van der Waals surface area contributed by atoms with Crippen molar-refractivity contribution in [1.82, 2.24) is 19.3 Å². The highest BCUT2D eigenvalue weighted by atomic mass is 15.2. The molecule has 0 aliphatic heterocycles. The maximum Gasteiger partial charge on any atom is 0.160 e. The third-order valence-corrected chi connectivity index (χ3v) is 8.41. The van der Waals surface area contributed by atoms with Crippen molar-refractivity contribution in [3.05, 3.63) is 146 Å². The lowest BCUT2D eigenvalue weighted by atomic mass is 10.0. The van der Waals surface area contributed by atoms with Gasteiger partial charge in [0.25, 0.3) is 0 Å². The number of benzene rings is 6. The molecule has 196 valence electrons. The van der Waals surface area contributed by atoms with Crippen molar-refractivity contribution < 1.29 is 0 Å². The zero-order valence-corrected chi connectivity index (χ0v) is 22.6. The molecular weight excluding hydrogens is 512 g/mol. The molecule has 4 nitrogen and oxygen atoms in total. The molecule has 6 aromatic carbocycles. The molecule has 9 aromatic rings. The van der Waals surface area contributed by atoms with E-state index in [-0.39, 0.29) is 0 Å². The number of hydrogen-bond donors (Lipinski definition) is 0. The van der Waals surface area contributed by atoms with Crippen molar-refractivity contribution in [1.29, 1.82) is 0 Å². The molecule has 0 N–H and O–H groups in total. The van der Waals surface area contributed by atoms with Gasteiger partial charge in [0.15, 0.2) is 5.82 Å². The summed E-state index contributed by atoms with van der Waals surface area (Å²) >= 11 is 0. The summed E-state index contributed by atoms with van der Waals surface area (Å²) in [5.74, 6) is 0.806. The van der Waals surface area contributed by atoms with Crippen molar-refractivity contribution in [2.45, 2.75) is 0 Å². The predicted molar refractivity (Wildman–Crippen MR) is 174 cm³/mol. The molecule has 42 heavy (non-hydrogen) atoms. The molecule has 9 rings (SSSR count). The zero-order valence-electron chi connectivity index (χ0n) is 22.6. The Morgan fingerprint density at radius 1 is 0.405 bits per heavy atom. The highest BCUT2D eigenvalue weighted by Crippen LogP contribution is 2.40. The van der Waals surface area contributed by atoms with E-state index in [4.69, 9.17) is 5.10 Å². The van der Waals surface area contributed by atoms with Crippen LogP contribution in [0.5, 0.6) is 0 Å². The Hall–Kier alpha value is -5.74. The van der Waals surface area contributed by atoms with Gasteiger partial charge in [-0.15, -0.1) is 10.2 Å². The van der Waals surface area contributed by atoms with Crippen LogP contribution in [0.15, 0.2) is 146 Å². The van der Waals surface area contributed by atoms with Crippen molar-refractivity contribution in [2.75, 3.05) is 0 Å². The van der Waals surface area contributed by atoms with Gasteiger partial charge < -0.3 is 4.57 Å². The minimum atomic E-state index is 0.806. The van der Waals surface area contributed by atoms with Crippen LogP contribution in [0.25, 0.3) is 77.1 Å². The second kappa shape index (κ2) is 8.88. The fraction of sp³-hybridized carbons (Fsp3) is 0. The van der Waals surface area contributed by atoms with E-state index in [0.29, 0.717) is 0 Å². The molecule has 0 aliphatic carbocycles. The van der Waals surface area contributed by atoms with Crippen LogP contribution in [0.4, 0.5) is 0 Å². The normalized spacial score (nSPS) is 11.8. The number of aromatic nitrogens is 4. The standard InChI is InChI=1S/C38H24N4/c1-3-11-25(12-4-1)33-21-22-37(40-39-33)42-35-18-10-7-15-28(35)30-20-19-26-23-36-32(24-31(26)38(30)42)29-16-8-9-17-34(29)41(36)27-13-5-2-6-14-27/h1-24H. The van der Waals surface area contributed by atoms with Crippen LogP contribution in [0.2, 0.25) is 0 Å². The van der Waals surface area contributed by atoms with Crippen LogP contribution >= 0.6 is 0 Å². The third kappa shape index (κ3) is 3.29. The summed E-state index contributed by atoms with van der Waals surface area (Å²) in [6.07, 6.45) is 0. The number of hydrogen-bond acceptors (Lipinski definition) is 2. The summed E-state index contributed by atoms with van der Waals surface area (Å²) in [7, 11) is 0. The Labute approximate surface area is 241 Å². The molecule has 0 unspecified atom stereocenters. The second-order valence-corrected chi connectivity index (χ2v) is 10.7. The van der Waals surface area contributed by atoms with E-state index >= 15 is 0 Å². The van der Waals surface area contributed by atoms with Crippen LogP contribution in [0, 0.1) is 0 Å². The van der Waals surface area contributed by atoms with Gasteiger partial charge in [-0.1, -0.05) is 97.1 Å². The van der Waals surface area contributed by atoms with Gasteiger partial charge in [-0.05, 0) is 53.9 Å². The Bertz CT molecular complexity index is 2430. The maximum absolute atomic E-state index is 4.77. The number of rotatable bonds is 3. The van der Waals surface area contributed by atoms with Crippen LogP contribution < -0.4 is 0 Å². The van der Waals surface area contributed by atoms with Gasteiger partial charge in [-0.25, -0.2) is 0 Å². The summed E-state index contributed by atoms with van der Waals surface area (Å²) in [4.78, 5) is 0. The summed E-state index contributed by atoms with van der Waals surface area (Å²) in [6.45, 7) is 0. The average Bonchev–Trinajstić information content (AvgIpc) is 3.57.